The molecule has 1 N–H and O–H groups in total. The van der Waals surface area contributed by atoms with Crippen molar-refractivity contribution >= 4 is 24.0 Å². The second kappa shape index (κ2) is 8.72. The molecule has 2 heteroatoms. The summed E-state index contributed by atoms with van der Waals surface area (Å²) in [4.78, 5) is 0. The van der Waals surface area contributed by atoms with Gasteiger partial charge in [0, 0.05) is 5.56 Å². The van der Waals surface area contributed by atoms with E-state index in [-0.39, 0.29) is 16.2 Å². The highest BCUT2D eigenvalue weighted by molar-refractivity contribution is 6.74. The fourth-order valence-corrected chi connectivity index (χ4v) is 6.95. The van der Waals surface area contributed by atoms with Gasteiger partial charge in [-0.25, -0.2) is 0 Å². The van der Waals surface area contributed by atoms with E-state index in [1.807, 2.05) is 0 Å². The van der Waals surface area contributed by atoms with Crippen molar-refractivity contribution in [2.24, 2.45) is 22.2 Å². The molecule has 0 bridgehead atoms. The molecule has 1 nitrogen and oxygen atoms in total. The number of rotatable bonds is 5. The maximum absolute atomic E-state index is 9.48. The Balaban J connectivity index is 1.82. The Hall–Kier alpha value is -2.09. The molecule has 0 unspecified atom stereocenters. The molecule has 1 fully saturated rings. The van der Waals surface area contributed by atoms with E-state index in [1.54, 1.807) is 0 Å². The van der Waals surface area contributed by atoms with Gasteiger partial charge in [0.25, 0.3) is 0 Å². The number of allylic oxidation sites excluding steroid dienone is 1. The predicted octanol–water partition coefficient (Wildman–Crippen LogP) is 9.13. The minimum absolute atomic E-state index is 0.0179. The highest BCUT2D eigenvalue weighted by atomic mass is 14.6. The Labute approximate surface area is 228 Å². The SMILES string of the molecule is CC(C)/C=C\c1cc2c(cc1C(=N)c1cccc(B3CC(C)(C)C(C)(C)C3)c1)C(C)(C)C(C)(C)C2(C)C. The summed E-state index contributed by atoms with van der Waals surface area (Å²) in [7, 11) is 0. The van der Waals surface area contributed by atoms with Crippen molar-refractivity contribution in [3.63, 3.8) is 0 Å². The van der Waals surface area contributed by atoms with E-state index in [0.717, 1.165) is 11.1 Å². The van der Waals surface area contributed by atoms with Gasteiger partial charge >= 0.3 is 0 Å². The molecule has 1 heterocycles. The third-order valence-electron chi connectivity index (χ3n) is 11.6. The standard InChI is InChI=1S/C35H50BN/c1-23(2)16-17-24-19-28-29(34(9,10)35(11,12)33(28,7)8)20-27(24)30(37)25-14-13-15-26(18-25)36-21-31(3,4)32(5,6)22-36/h13-20,23,37H,21-22H2,1-12H3/b17-16-,37-30?. The second-order valence-corrected chi connectivity index (χ2v) is 15.3. The number of benzene rings is 2. The summed E-state index contributed by atoms with van der Waals surface area (Å²) in [5.41, 5.74) is 8.95. The summed E-state index contributed by atoms with van der Waals surface area (Å²) in [5, 5.41) is 9.48. The zero-order chi connectivity index (χ0) is 27.8. The van der Waals surface area contributed by atoms with Gasteiger partial charge in [0.15, 0.2) is 6.71 Å². The first-order valence-corrected chi connectivity index (χ1v) is 14.4. The van der Waals surface area contributed by atoms with Gasteiger partial charge in [-0.1, -0.05) is 144 Å². The average Bonchev–Trinajstić information content (AvgIpc) is 3.07. The number of hydrogen-bond acceptors (Lipinski definition) is 1. The Morgan fingerprint density at radius 3 is 1.89 bits per heavy atom. The summed E-state index contributed by atoms with van der Waals surface area (Å²) in [5.74, 6) is 0.466. The summed E-state index contributed by atoms with van der Waals surface area (Å²) in [6.45, 7) is 29.1. The smallest absolute Gasteiger partial charge is 0.176 e. The van der Waals surface area contributed by atoms with Crippen molar-refractivity contribution in [1.82, 2.24) is 0 Å². The van der Waals surface area contributed by atoms with Crippen LogP contribution in [0, 0.1) is 27.6 Å². The first-order valence-electron chi connectivity index (χ1n) is 14.4. The third kappa shape index (κ3) is 4.27. The molecule has 2 aromatic carbocycles. The molecule has 4 rings (SSSR count). The van der Waals surface area contributed by atoms with Gasteiger partial charge in [0.05, 0.1) is 5.71 Å². The minimum atomic E-state index is 0.0179. The first-order chi connectivity index (χ1) is 16.8. The normalized spacial score (nSPS) is 22.6. The lowest BCUT2D eigenvalue weighted by molar-refractivity contribution is 0.125. The average molecular weight is 496 g/mol. The summed E-state index contributed by atoms with van der Waals surface area (Å²) in [6, 6.07) is 13.7. The van der Waals surface area contributed by atoms with E-state index in [4.69, 9.17) is 0 Å². The van der Waals surface area contributed by atoms with E-state index in [9.17, 15) is 5.41 Å². The van der Waals surface area contributed by atoms with Crippen molar-refractivity contribution < 1.29 is 0 Å². The van der Waals surface area contributed by atoms with Crippen LogP contribution >= 0.6 is 0 Å². The molecule has 0 amide bonds. The van der Waals surface area contributed by atoms with Crippen molar-refractivity contribution in [2.75, 3.05) is 0 Å². The number of fused-ring (bicyclic) bond motifs is 1. The lowest BCUT2D eigenvalue weighted by atomic mass is 9.42. The summed E-state index contributed by atoms with van der Waals surface area (Å²) >= 11 is 0. The first kappa shape index (κ1) is 27.9. The van der Waals surface area contributed by atoms with Crippen LogP contribution in [-0.4, -0.2) is 12.4 Å². The Bertz CT molecular complexity index is 1240. The van der Waals surface area contributed by atoms with Crippen LogP contribution in [0.2, 0.25) is 12.6 Å². The van der Waals surface area contributed by atoms with Crippen LogP contribution in [0.5, 0.6) is 0 Å². The third-order valence-corrected chi connectivity index (χ3v) is 11.6. The highest BCUT2D eigenvalue weighted by Crippen LogP contribution is 2.62. The van der Waals surface area contributed by atoms with Gasteiger partial charge in [-0.05, 0) is 61.3 Å². The summed E-state index contributed by atoms with van der Waals surface area (Å²) < 4.78 is 0. The minimum Gasteiger partial charge on any atom is -0.300 e. The summed E-state index contributed by atoms with van der Waals surface area (Å²) in [6.07, 6.45) is 6.94. The van der Waals surface area contributed by atoms with Crippen molar-refractivity contribution in [1.29, 1.82) is 5.41 Å². The van der Waals surface area contributed by atoms with Gasteiger partial charge in [0.2, 0.25) is 0 Å². The zero-order valence-electron chi connectivity index (χ0n) is 25.7. The fourth-order valence-electron chi connectivity index (χ4n) is 6.95. The van der Waals surface area contributed by atoms with Crippen LogP contribution in [0.25, 0.3) is 6.08 Å². The van der Waals surface area contributed by atoms with Gasteiger partial charge in [-0.15, -0.1) is 0 Å². The molecule has 198 valence electrons. The van der Waals surface area contributed by atoms with Gasteiger partial charge < -0.3 is 0 Å². The van der Waals surface area contributed by atoms with Crippen LogP contribution in [0.1, 0.15) is 111 Å². The Morgan fingerprint density at radius 2 is 1.35 bits per heavy atom. The van der Waals surface area contributed by atoms with Gasteiger partial charge in [-0.3, -0.25) is 5.41 Å². The second-order valence-electron chi connectivity index (χ2n) is 15.3. The van der Waals surface area contributed by atoms with E-state index in [1.165, 1.54) is 34.8 Å². The lowest BCUT2D eigenvalue weighted by Gasteiger charge is -2.44. The number of hydrogen-bond donors (Lipinski definition) is 1. The molecule has 2 aliphatic rings. The van der Waals surface area contributed by atoms with Crippen molar-refractivity contribution in [2.45, 2.75) is 107 Å². The van der Waals surface area contributed by atoms with Crippen LogP contribution in [0.4, 0.5) is 0 Å². The van der Waals surface area contributed by atoms with E-state index in [2.05, 4.69) is 132 Å². The Kier molecular flexibility index (Phi) is 6.58. The van der Waals surface area contributed by atoms with Crippen LogP contribution in [0.15, 0.2) is 42.5 Å². The van der Waals surface area contributed by atoms with E-state index < -0.39 is 0 Å². The van der Waals surface area contributed by atoms with E-state index >= 15 is 0 Å². The van der Waals surface area contributed by atoms with Crippen molar-refractivity contribution in [3.05, 3.63) is 70.3 Å². The highest BCUT2D eigenvalue weighted by Gasteiger charge is 2.57. The molecule has 0 saturated carbocycles. The lowest BCUT2D eigenvalue weighted by Crippen LogP contribution is -2.42. The molecule has 37 heavy (non-hydrogen) atoms. The molecule has 1 aliphatic heterocycles. The van der Waals surface area contributed by atoms with Crippen LogP contribution in [0.3, 0.4) is 0 Å². The maximum atomic E-state index is 9.48. The van der Waals surface area contributed by atoms with Crippen LogP contribution < -0.4 is 5.46 Å². The largest absolute Gasteiger partial charge is 0.300 e. The molecule has 0 aromatic heterocycles. The fraction of sp³-hybridized carbons (Fsp3) is 0.571. The molecule has 0 radical (unpaired) electrons. The van der Waals surface area contributed by atoms with Crippen molar-refractivity contribution in [3.8, 4) is 0 Å². The predicted molar refractivity (Wildman–Crippen MR) is 165 cm³/mol. The van der Waals surface area contributed by atoms with Crippen LogP contribution in [-0.2, 0) is 10.8 Å². The molecular formula is C35H50BN. The molecule has 1 aliphatic carbocycles. The quantitative estimate of drug-likeness (QED) is 0.316. The molecular weight excluding hydrogens is 445 g/mol. The molecule has 0 spiro atoms. The number of nitrogens with one attached hydrogen (secondary N) is 1. The molecule has 1 saturated heterocycles. The Morgan fingerprint density at radius 1 is 0.811 bits per heavy atom. The topological polar surface area (TPSA) is 23.9 Å². The van der Waals surface area contributed by atoms with E-state index in [0.29, 0.717) is 29.2 Å². The van der Waals surface area contributed by atoms with Gasteiger partial charge in [-0.2, -0.15) is 0 Å². The van der Waals surface area contributed by atoms with Gasteiger partial charge in [0.1, 0.15) is 0 Å². The maximum Gasteiger partial charge on any atom is 0.176 e. The molecule has 2 aromatic rings. The molecule has 0 atom stereocenters. The monoisotopic (exact) mass is 495 g/mol. The zero-order valence-corrected chi connectivity index (χ0v) is 25.7.